The van der Waals surface area contributed by atoms with E-state index in [1.807, 2.05) is 42.5 Å². The molecule has 2 aromatic carbocycles. The lowest BCUT2D eigenvalue weighted by molar-refractivity contribution is -0.110. The van der Waals surface area contributed by atoms with Crippen LogP contribution in [-0.2, 0) is 19.6 Å². The molecule has 0 atom stereocenters. The number of hydrogen-bond donors (Lipinski definition) is 2. The van der Waals surface area contributed by atoms with Crippen LogP contribution in [0.2, 0.25) is 0 Å². The van der Waals surface area contributed by atoms with E-state index in [2.05, 4.69) is 63.9 Å². The summed E-state index contributed by atoms with van der Waals surface area (Å²) in [5, 5.41) is 17.2. The first-order valence-electron chi connectivity index (χ1n) is 11.6. The molecule has 0 amide bonds. The van der Waals surface area contributed by atoms with Gasteiger partial charge in [0.25, 0.3) is 0 Å². The van der Waals surface area contributed by atoms with Crippen LogP contribution in [0.15, 0.2) is 71.8 Å². The van der Waals surface area contributed by atoms with Crippen LogP contribution in [0.5, 0.6) is 5.88 Å². The van der Waals surface area contributed by atoms with Crippen LogP contribution in [0, 0.1) is 6.92 Å². The lowest BCUT2D eigenvalue weighted by Crippen LogP contribution is -2.18. The maximum atomic E-state index is 10.4. The molecule has 0 aliphatic carbocycles. The molecule has 37 heavy (non-hydrogen) atoms. The van der Waals surface area contributed by atoms with Gasteiger partial charge in [-0.1, -0.05) is 54.1 Å². The van der Waals surface area contributed by atoms with Crippen LogP contribution in [0.1, 0.15) is 29.4 Å². The number of nitrogens with one attached hydrogen (secondary N) is 2. The molecule has 0 saturated carbocycles. The number of fused-ring (bicyclic) bond motifs is 1. The molecule has 194 valence electrons. The number of benzene rings is 2. The van der Waals surface area contributed by atoms with E-state index < -0.39 is 6.18 Å². The number of anilines is 1. The molecule has 0 fully saturated rings. The van der Waals surface area contributed by atoms with Gasteiger partial charge in [0.1, 0.15) is 6.61 Å². The fourth-order valence-corrected chi connectivity index (χ4v) is 3.40. The van der Waals surface area contributed by atoms with Crippen molar-refractivity contribution in [3.63, 3.8) is 0 Å². The summed E-state index contributed by atoms with van der Waals surface area (Å²) in [6, 6.07) is 22.3. The average molecular weight is 511 g/mol. The molecule has 0 radical (unpaired) electrons. The third-order valence-electron chi connectivity index (χ3n) is 5.08. The van der Waals surface area contributed by atoms with Gasteiger partial charge in [-0.3, -0.25) is 10.4 Å². The molecule has 0 unspecified atom stereocenters. The number of ether oxygens (including phenoxy) is 1. The van der Waals surface area contributed by atoms with Gasteiger partial charge in [0.15, 0.2) is 5.82 Å². The summed E-state index contributed by atoms with van der Waals surface area (Å²) < 4.78 is 37.0. The molecule has 0 spiro atoms. The van der Waals surface area contributed by atoms with E-state index in [0.29, 0.717) is 24.8 Å². The van der Waals surface area contributed by atoms with Crippen molar-refractivity contribution in [3.05, 3.63) is 89.2 Å². The maximum Gasteiger partial charge on any atom is 0.386 e. The number of pyridine rings is 1. The molecule has 0 bridgehead atoms. The van der Waals surface area contributed by atoms with Crippen molar-refractivity contribution in [1.29, 1.82) is 0 Å². The largest absolute Gasteiger partial charge is 0.470 e. The van der Waals surface area contributed by atoms with E-state index in [1.165, 1.54) is 11.1 Å². The van der Waals surface area contributed by atoms with Gasteiger partial charge in [0, 0.05) is 31.0 Å². The fourth-order valence-electron chi connectivity index (χ4n) is 3.40. The van der Waals surface area contributed by atoms with Crippen LogP contribution in [0.3, 0.4) is 0 Å². The molecule has 2 aromatic heterocycles. The Balaban J connectivity index is 0.000000695. The van der Waals surface area contributed by atoms with Gasteiger partial charge in [-0.25, -0.2) is 0 Å². The first-order valence-corrected chi connectivity index (χ1v) is 11.6. The van der Waals surface area contributed by atoms with E-state index >= 15 is 0 Å². The van der Waals surface area contributed by atoms with Crippen LogP contribution in [0.4, 0.5) is 19.0 Å². The van der Waals surface area contributed by atoms with Crippen LogP contribution >= 0.6 is 0 Å². The van der Waals surface area contributed by atoms with Crippen molar-refractivity contribution in [2.24, 2.45) is 5.10 Å². The third kappa shape index (κ3) is 9.49. The second kappa shape index (κ2) is 13.3. The predicted octanol–water partition coefficient (Wildman–Crippen LogP) is 5.84. The summed E-state index contributed by atoms with van der Waals surface area (Å²) in [6.45, 7) is 7.64. The Morgan fingerprint density at radius 1 is 0.919 bits per heavy atom. The molecule has 4 rings (SSSR count). The molecule has 0 aliphatic heterocycles. The van der Waals surface area contributed by atoms with Crippen molar-refractivity contribution in [2.75, 3.05) is 12.0 Å². The van der Waals surface area contributed by atoms with Crippen LogP contribution in [-0.4, -0.2) is 34.6 Å². The Morgan fingerprint density at radius 3 is 2.30 bits per heavy atom. The fraction of sp³-hybridized carbons (Fsp3) is 0.259. The Bertz CT molecular complexity index is 1290. The normalized spacial score (nSPS) is 10.9. The number of hydrazone groups is 1. The minimum absolute atomic E-state index is 0.188. The smallest absolute Gasteiger partial charge is 0.386 e. The number of rotatable bonds is 10. The molecule has 0 aliphatic rings. The topological polar surface area (TPSA) is 84.3 Å². The quantitative estimate of drug-likeness (QED) is 0.158. The average Bonchev–Trinajstić information content (AvgIpc) is 2.87. The van der Waals surface area contributed by atoms with E-state index in [0.717, 1.165) is 35.1 Å². The van der Waals surface area contributed by atoms with Gasteiger partial charge >= 0.3 is 6.18 Å². The number of hydrogen-bond acceptors (Lipinski definition) is 7. The Labute approximate surface area is 213 Å². The highest BCUT2D eigenvalue weighted by molar-refractivity contribution is 5.94. The summed E-state index contributed by atoms with van der Waals surface area (Å²) in [7, 11) is 0. The zero-order chi connectivity index (χ0) is 26.7. The van der Waals surface area contributed by atoms with E-state index in [-0.39, 0.29) is 6.92 Å². The first kappa shape index (κ1) is 27.5. The molecule has 0 saturated heterocycles. The first-order chi connectivity index (χ1) is 17.7. The molecule has 4 aromatic rings. The molecule has 7 nitrogen and oxygen atoms in total. The number of aryl methyl sites for hydroxylation is 1. The maximum absolute atomic E-state index is 10.4. The second-order valence-electron chi connectivity index (χ2n) is 8.27. The van der Waals surface area contributed by atoms with Gasteiger partial charge in [0.2, 0.25) is 5.88 Å². The van der Waals surface area contributed by atoms with Crippen molar-refractivity contribution in [3.8, 4) is 5.88 Å². The van der Waals surface area contributed by atoms with Crippen molar-refractivity contribution < 1.29 is 17.9 Å². The molecule has 2 heterocycles. The van der Waals surface area contributed by atoms with Gasteiger partial charge in [-0.05, 0) is 43.7 Å². The summed E-state index contributed by atoms with van der Waals surface area (Å²) in [5.41, 5.74) is 7.19. The van der Waals surface area contributed by atoms with Gasteiger partial charge in [-0.2, -0.15) is 18.3 Å². The number of halogens is 3. The van der Waals surface area contributed by atoms with E-state index in [9.17, 15) is 13.2 Å². The Hall–Kier alpha value is -4.05. The second-order valence-corrected chi connectivity index (χ2v) is 8.27. The van der Waals surface area contributed by atoms with Crippen molar-refractivity contribution in [2.45, 2.75) is 39.6 Å². The van der Waals surface area contributed by atoms with E-state index in [1.54, 1.807) is 0 Å². The Kier molecular flexibility index (Phi) is 9.91. The SMILES string of the molecule is C=NNc1nnc(OCc2cccc(CNCCc3ccc(C)cc3)n2)c2ccccc12.CC(F)(F)F. The summed E-state index contributed by atoms with van der Waals surface area (Å²) in [6.07, 6.45) is -3.01. The standard InChI is InChI=1S/C25H26N6O.C2H3F3/c1-18-10-12-19(13-11-18)14-15-27-16-20-6-5-7-21(28-20)17-32-25-23-9-4-3-8-22(23)24(29-26-2)30-31-25;1-2(3,4)5/h3-13,27H,2,14-17H2,1H3,(H,29,30);1H3. The number of nitrogens with zero attached hydrogens (tertiary/aromatic N) is 4. The number of aromatic nitrogens is 3. The van der Waals surface area contributed by atoms with Gasteiger partial charge in [0.05, 0.1) is 11.4 Å². The van der Waals surface area contributed by atoms with Gasteiger partial charge < -0.3 is 10.1 Å². The Morgan fingerprint density at radius 2 is 1.59 bits per heavy atom. The summed E-state index contributed by atoms with van der Waals surface area (Å²) in [5.74, 6) is 0.999. The predicted molar refractivity (Wildman–Crippen MR) is 140 cm³/mol. The highest BCUT2D eigenvalue weighted by Gasteiger charge is 2.15. The zero-order valence-electron chi connectivity index (χ0n) is 20.7. The van der Waals surface area contributed by atoms with Gasteiger partial charge in [-0.15, -0.1) is 10.2 Å². The minimum Gasteiger partial charge on any atom is -0.470 e. The molecular weight excluding hydrogens is 481 g/mol. The third-order valence-corrected chi connectivity index (χ3v) is 5.08. The molecule has 10 heteroatoms. The van der Waals surface area contributed by atoms with Crippen molar-refractivity contribution >= 4 is 23.3 Å². The molecule has 2 N–H and O–H groups in total. The van der Waals surface area contributed by atoms with E-state index in [4.69, 9.17) is 9.72 Å². The van der Waals surface area contributed by atoms with Crippen LogP contribution < -0.4 is 15.5 Å². The minimum atomic E-state index is -4.00. The lowest BCUT2D eigenvalue weighted by atomic mass is 10.1. The lowest BCUT2D eigenvalue weighted by Gasteiger charge is -2.10. The number of alkyl halides is 3. The molecular formula is C27H29F3N6O. The van der Waals surface area contributed by atoms with Crippen molar-refractivity contribution in [1.82, 2.24) is 20.5 Å². The highest BCUT2D eigenvalue weighted by Crippen LogP contribution is 2.27. The summed E-state index contributed by atoms with van der Waals surface area (Å²) >= 11 is 0. The highest BCUT2D eigenvalue weighted by atomic mass is 19.4. The monoisotopic (exact) mass is 510 g/mol. The zero-order valence-corrected chi connectivity index (χ0v) is 20.7. The van der Waals surface area contributed by atoms with Crippen LogP contribution in [0.25, 0.3) is 10.8 Å². The summed E-state index contributed by atoms with van der Waals surface area (Å²) in [4.78, 5) is 4.70.